The van der Waals surface area contributed by atoms with Crippen molar-refractivity contribution in [3.8, 4) is 0 Å². The molecule has 0 spiro atoms. The van der Waals surface area contributed by atoms with Crippen LogP contribution in [-0.2, 0) is 14.3 Å². The van der Waals surface area contributed by atoms with Crippen molar-refractivity contribution in [3.63, 3.8) is 0 Å². The molecule has 0 aliphatic rings. The predicted molar refractivity (Wildman–Crippen MR) is 107 cm³/mol. The van der Waals surface area contributed by atoms with Crippen LogP contribution in [0.4, 0.5) is 5.69 Å². The molecule has 1 rings (SSSR count). The van der Waals surface area contributed by atoms with Crippen LogP contribution in [0.15, 0.2) is 0 Å². The maximum absolute atomic E-state index is 12.2. The van der Waals surface area contributed by atoms with Crippen molar-refractivity contribution in [2.24, 2.45) is 0 Å². The second-order valence-corrected chi connectivity index (χ2v) is 7.51. The number of benzene rings is 1. The van der Waals surface area contributed by atoms with Gasteiger partial charge in [0.25, 0.3) is 16.4 Å². The number of halogens is 4. The average Bonchev–Trinajstić information content (AvgIpc) is 2.41. The highest BCUT2D eigenvalue weighted by molar-refractivity contribution is 14.1. The number of hydrogen-bond acceptors (Lipinski definition) is 5. The zero-order valence-electron chi connectivity index (χ0n) is 12.6. The van der Waals surface area contributed by atoms with E-state index in [4.69, 9.17) is 27.9 Å². The van der Waals surface area contributed by atoms with Gasteiger partial charge in [0.05, 0.1) is 20.4 Å². The molecule has 130 valence electrons. The van der Waals surface area contributed by atoms with Crippen LogP contribution >= 0.6 is 68.4 Å². The SMILES string of the molecule is CC(=O)O[C@@H](C)C(=O)Nc1c(C)c(C(=O)Cl)c(I)c(C(=O)Cl)c1I. The molecule has 1 aromatic carbocycles. The summed E-state index contributed by atoms with van der Waals surface area (Å²) in [5, 5.41) is 0.986. The van der Waals surface area contributed by atoms with Gasteiger partial charge >= 0.3 is 5.97 Å². The van der Waals surface area contributed by atoms with Crippen molar-refractivity contribution in [1.29, 1.82) is 0 Å². The highest BCUT2D eigenvalue weighted by Gasteiger charge is 2.27. The highest BCUT2D eigenvalue weighted by Crippen LogP contribution is 2.36. The van der Waals surface area contributed by atoms with Gasteiger partial charge in [-0.1, -0.05) is 0 Å². The number of carbonyl (C=O) groups excluding carboxylic acids is 4. The number of amides is 1. The quantitative estimate of drug-likeness (QED) is 0.316. The number of anilines is 1. The molecular formula is C14H11Cl2I2NO5. The van der Waals surface area contributed by atoms with Crippen molar-refractivity contribution < 1.29 is 23.9 Å². The Morgan fingerprint density at radius 2 is 1.54 bits per heavy atom. The number of hydrogen-bond donors (Lipinski definition) is 1. The first-order chi connectivity index (χ1) is 11.0. The lowest BCUT2D eigenvalue weighted by molar-refractivity contribution is -0.150. The molecule has 0 aromatic heterocycles. The summed E-state index contributed by atoms with van der Waals surface area (Å²) >= 11 is 14.8. The van der Waals surface area contributed by atoms with Crippen LogP contribution in [-0.4, -0.2) is 28.5 Å². The molecule has 0 aliphatic carbocycles. The molecule has 0 heterocycles. The highest BCUT2D eigenvalue weighted by atomic mass is 127. The zero-order chi connectivity index (χ0) is 18.8. The van der Waals surface area contributed by atoms with E-state index in [-0.39, 0.29) is 16.8 Å². The Bertz CT molecular complexity index is 710. The Balaban J connectivity index is 3.48. The third kappa shape index (κ3) is 4.79. The van der Waals surface area contributed by atoms with Gasteiger partial charge < -0.3 is 10.1 Å². The zero-order valence-corrected chi connectivity index (χ0v) is 18.5. The second kappa shape index (κ2) is 8.77. The molecule has 24 heavy (non-hydrogen) atoms. The van der Waals surface area contributed by atoms with Crippen molar-refractivity contribution in [1.82, 2.24) is 0 Å². The molecule has 0 saturated heterocycles. The van der Waals surface area contributed by atoms with Gasteiger partial charge in [-0.3, -0.25) is 19.2 Å². The summed E-state index contributed by atoms with van der Waals surface area (Å²) in [6, 6.07) is 0. The van der Waals surface area contributed by atoms with E-state index in [1.807, 2.05) is 22.6 Å². The normalized spacial score (nSPS) is 11.6. The largest absolute Gasteiger partial charge is 0.453 e. The molecule has 0 fully saturated rings. The Kier molecular flexibility index (Phi) is 7.88. The first-order valence-corrected chi connectivity index (χ1v) is 9.29. The Morgan fingerprint density at radius 3 is 1.96 bits per heavy atom. The first kappa shape index (κ1) is 21.6. The van der Waals surface area contributed by atoms with E-state index in [1.165, 1.54) is 13.8 Å². The molecule has 0 radical (unpaired) electrons. The second-order valence-electron chi connectivity index (χ2n) is 4.67. The van der Waals surface area contributed by atoms with Crippen LogP contribution < -0.4 is 5.32 Å². The van der Waals surface area contributed by atoms with E-state index >= 15 is 0 Å². The number of esters is 1. The van der Waals surface area contributed by atoms with Crippen LogP contribution in [0.25, 0.3) is 0 Å². The fourth-order valence-electron chi connectivity index (χ4n) is 1.88. The van der Waals surface area contributed by atoms with Crippen LogP contribution in [0.3, 0.4) is 0 Å². The van der Waals surface area contributed by atoms with E-state index < -0.39 is 28.5 Å². The van der Waals surface area contributed by atoms with E-state index in [1.54, 1.807) is 29.5 Å². The fourth-order valence-corrected chi connectivity index (χ4v) is 5.52. The summed E-state index contributed by atoms with van der Waals surface area (Å²) in [6.45, 7) is 4.15. The minimum Gasteiger partial charge on any atom is -0.453 e. The fraction of sp³-hybridized carbons (Fsp3) is 0.286. The van der Waals surface area contributed by atoms with Gasteiger partial charge in [0.2, 0.25) is 0 Å². The third-order valence-electron chi connectivity index (χ3n) is 2.98. The average molecular weight is 598 g/mol. The number of carbonyl (C=O) groups is 4. The minimum absolute atomic E-state index is 0.0721. The maximum Gasteiger partial charge on any atom is 0.303 e. The van der Waals surface area contributed by atoms with Gasteiger partial charge in [0.15, 0.2) is 6.10 Å². The minimum atomic E-state index is -1.05. The molecule has 1 aromatic rings. The molecule has 0 unspecified atom stereocenters. The molecule has 0 bridgehead atoms. The van der Waals surface area contributed by atoms with Crippen molar-refractivity contribution in [2.75, 3.05) is 5.32 Å². The first-order valence-electron chi connectivity index (χ1n) is 6.38. The monoisotopic (exact) mass is 597 g/mol. The Morgan fingerprint density at radius 1 is 1.04 bits per heavy atom. The van der Waals surface area contributed by atoms with E-state index in [0.717, 1.165) is 0 Å². The molecule has 10 heteroatoms. The number of ether oxygens (including phenoxy) is 1. The van der Waals surface area contributed by atoms with Gasteiger partial charge in [-0.25, -0.2) is 0 Å². The summed E-state index contributed by atoms with van der Waals surface area (Å²) in [5.41, 5.74) is 0.752. The van der Waals surface area contributed by atoms with Crippen LogP contribution in [0.2, 0.25) is 0 Å². The van der Waals surface area contributed by atoms with E-state index in [2.05, 4.69) is 5.32 Å². The summed E-state index contributed by atoms with van der Waals surface area (Å²) in [5.74, 6) is -1.23. The topological polar surface area (TPSA) is 89.5 Å². The molecule has 1 amide bonds. The van der Waals surface area contributed by atoms with Crippen molar-refractivity contribution in [2.45, 2.75) is 26.9 Å². The van der Waals surface area contributed by atoms with Crippen LogP contribution in [0.1, 0.15) is 40.1 Å². The molecular weight excluding hydrogens is 587 g/mol. The van der Waals surface area contributed by atoms with Gasteiger partial charge in [-0.05, 0) is 87.8 Å². The molecule has 1 atom stereocenters. The van der Waals surface area contributed by atoms with Gasteiger partial charge in [0.1, 0.15) is 0 Å². The van der Waals surface area contributed by atoms with Crippen LogP contribution in [0.5, 0.6) is 0 Å². The molecule has 6 nitrogen and oxygen atoms in total. The standard InChI is InChI=1S/C14H11Cl2I2NO5/c1-4-7(12(15)21)9(17)8(13(16)22)10(18)11(4)19-14(23)5(2)24-6(3)20/h5H,1-3H3,(H,19,23)/t5-/m0/s1. The number of rotatable bonds is 5. The summed E-state index contributed by atoms with van der Waals surface area (Å²) < 4.78 is 5.47. The third-order valence-corrected chi connectivity index (χ3v) is 5.52. The van der Waals surface area contributed by atoms with E-state index in [0.29, 0.717) is 12.7 Å². The summed E-state index contributed by atoms with van der Waals surface area (Å²) in [6.07, 6.45) is -1.05. The van der Waals surface area contributed by atoms with Gasteiger partial charge in [-0.2, -0.15) is 0 Å². The Hall–Kier alpha value is -0.460. The number of nitrogens with one attached hydrogen (secondary N) is 1. The van der Waals surface area contributed by atoms with Crippen LogP contribution in [0, 0.1) is 14.1 Å². The molecule has 0 saturated carbocycles. The predicted octanol–water partition coefficient (Wildman–Crippen LogP) is 3.85. The van der Waals surface area contributed by atoms with Crippen molar-refractivity contribution >= 4 is 96.4 Å². The smallest absolute Gasteiger partial charge is 0.303 e. The summed E-state index contributed by atoms with van der Waals surface area (Å²) in [4.78, 5) is 46.5. The molecule has 0 aliphatic heterocycles. The Labute approximate surface area is 175 Å². The lowest BCUT2D eigenvalue weighted by atomic mass is 10.0. The maximum atomic E-state index is 12.2. The summed E-state index contributed by atoms with van der Waals surface area (Å²) in [7, 11) is 0. The lowest BCUT2D eigenvalue weighted by Gasteiger charge is -2.19. The van der Waals surface area contributed by atoms with Gasteiger partial charge in [0, 0.05) is 10.5 Å². The molecule has 1 N–H and O–H groups in total. The van der Waals surface area contributed by atoms with Gasteiger partial charge in [-0.15, -0.1) is 0 Å². The van der Waals surface area contributed by atoms with Crippen molar-refractivity contribution in [3.05, 3.63) is 23.8 Å². The van der Waals surface area contributed by atoms with E-state index in [9.17, 15) is 19.2 Å². The lowest BCUT2D eigenvalue weighted by Crippen LogP contribution is -2.30.